The molecule has 1 aromatic carbocycles. The number of benzene rings is 1. The second-order valence-electron chi connectivity index (χ2n) is 4.64. The first-order valence-corrected chi connectivity index (χ1v) is 6.48. The topological polar surface area (TPSA) is 46.0 Å². The van der Waals surface area contributed by atoms with Gasteiger partial charge in [0, 0.05) is 29.7 Å². The first kappa shape index (κ1) is 11.0. The number of aromatic nitrogens is 3. The lowest BCUT2D eigenvalue weighted by Gasteiger charge is -2.15. The highest BCUT2D eigenvalue weighted by Gasteiger charge is 2.08. The molecule has 4 rings (SSSR count). The van der Waals surface area contributed by atoms with Gasteiger partial charge in [-0.2, -0.15) is 5.10 Å². The summed E-state index contributed by atoms with van der Waals surface area (Å²) in [6, 6.07) is 12.2. The van der Waals surface area contributed by atoms with Crippen molar-refractivity contribution < 1.29 is 0 Å². The van der Waals surface area contributed by atoms with E-state index >= 15 is 0 Å². The van der Waals surface area contributed by atoms with Crippen molar-refractivity contribution in [3.8, 4) is 5.69 Å². The minimum absolute atomic E-state index is 0.811. The molecule has 5 nitrogen and oxygen atoms in total. The number of rotatable bonds is 2. The van der Waals surface area contributed by atoms with E-state index in [0.717, 1.165) is 29.1 Å². The Hall–Kier alpha value is -2.82. The molecule has 1 N–H and O–H groups in total. The molecule has 1 aliphatic heterocycles. The number of nitrogens with zero attached hydrogens (tertiary/aromatic N) is 4. The summed E-state index contributed by atoms with van der Waals surface area (Å²) in [5.41, 5.74) is 3.04. The van der Waals surface area contributed by atoms with E-state index in [1.54, 1.807) is 6.20 Å². The lowest BCUT2D eigenvalue weighted by atomic mass is 10.2. The van der Waals surface area contributed by atoms with Crippen LogP contribution in [0.4, 0.5) is 5.69 Å². The van der Waals surface area contributed by atoms with Gasteiger partial charge in [0.25, 0.3) is 0 Å². The lowest BCUT2D eigenvalue weighted by molar-refractivity contribution is 0.889. The van der Waals surface area contributed by atoms with E-state index in [2.05, 4.69) is 44.6 Å². The van der Waals surface area contributed by atoms with Crippen LogP contribution in [0.3, 0.4) is 0 Å². The lowest BCUT2D eigenvalue weighted by Crippen LogP contribution is -2.19. The van der Waals surface area contributed by atoms with Gasteiger partial charge in [-0.1, -0.05) is 0 Å². The van der Waals surface area contributed by atoms with Crippen molar-refractivity contribution in [1.29, 1.82) is 0 Å². The molecule has 0 aliphatic carbocycles. The summed E-state index contributed by atoms with van der Waals surface area (Å²) in [6.45, 7) is 0.811. The molecule has 5 heteroatoms. The molecule has 3 heterocycles. The van der Waals surface area contributed by atoms with Gasteiger partial charge >= 0.3 is 0 Å². The van der Waals surface area contributed by atoms with Crippen LogP contribution in [0.2, 0.25) is 0 Å². The standard InChI is InChI=1S/C15H13N5/c1-2-12-10-18-20(15(12)17-7-1)14-5-3-13(4-6-14)19-9-8-16-11-19/h1-10,16H,11H2. The fourth-order valence-corrected chi connectivity index (χ4v) is 2.36. The molecule has 0 fully saturated rings. The minimum Gasteiger partial charge on any atom is -0.372 e. The van der Waals surface area contributed by atoms with Gasteiger partial charge in [-0.25, -0.2) is 9.67 Å². The van der Waals surface area contributed by atoms with Crippen LogP contribution in [0, 0.1) is 0 Å². The first-order chi connectivity index (χ1) is 9.92. The molecule has 3 aromatic rings. The van der Waals surface area contributed by atoms with Crippen LogP contribution in [-0.2, 0) is 0 Å². The van der Waals surface area contributed by atoms with Crippen LogP contribution in [-0.4, -0.2) is 21.4 Å². The zero-order valence-corrected chi connectivity index (χ0v) is 10.8. The average Bonchev–Trinajstić information content (AvgIpc) is 3.17. The molecular formula is C15H13N5. The van der Waals surface area contributed by atoms with Crippen molar-refractivity contribution in [2.45, 2.75) is 0 Å². The molecule has 0 radical (unpaired) electrons. The molecule has 0 bridgehead atoms. The van der Waals surface area contributed by atoms with Gasteiger partial charge in [-0.15, -0.1) is 0 Å². The van der Waals surface area contributed by atoms with Gasteiger partial charge in [0.1, 0.15) is 0 Å². The van der Waals surface area contributed by atoms with E-state index in [0.29, 0.717) is 0 Å². The summed E-state index contributed by atoms with van der Waals surface area (Å²) in [5, 5.41) is 8.61. The molecule has 1 aliphatic rings. The molecular weight excluding hydrogens is 250 g/mol. The molecule has 20 heavy (non-hydrogen) atoms. The predicted molar refractivity (Wildman–Crippen MR) is 78.5 cm³/mol. The Morgan fingerprint density at radius 2 is 1.90 bits per heavy atom. The van der Waals surface area contributed by atoms with Gasteiger partial charge in [0.05, 0.1) is 18.6 Å². The number of anilines is 1. The third-order valence-corrected chi connectivity index (χ3v) is 3.39. The summed E-state index contributed by atoms with van der Waals surface area (Å²) in [4.78, 5) is 6.53. The number of hydrogen-bond acceptors (Lipinski definition) is 4. The van der Waals surface area contributed by atoms with E-state index in [1.807, 2.05) is 35.4 Å². The molecule has 0 unspecified atom stereocenters. The van der Waals surface area contributed by atoms with Crippen LogP contribution < -0.4 is 10.2 Å². The van der Waals surface area contributed by atoms with Gasteiger partial charge in [-0.05, 0) is 36.4 Å². The van der Waals surface area contributed by atoms with Crippen LogP contribution in [0.1, 0.15) is 0 Å². The SMILES string of the molecule is C1=CN(c2ccc(-n3ncc4cccnc43)cc2)CN1. The molecule has 0 saturated heterocycles. The Kier molecular flexibility index (Phi) is 2.42. The fraction of sp³-hybridized carbons (Fsp3) is 0.0667. The number of fused-ring (bicyclic) bond motifs is 1. The normalized spacial score (nSPS) is 13.9. The van der Waals surface area contributed by atoms with Crippen molar-refractivity contribution in [2.24, 2.45) is 0 Å². The van der Waals surface area contributed by atoms with Gasteiger partial charge < -0.3 is 10.2 Å². The van der Waals surface area contributed by atoms with E-state index < -0.39 is 0 Å². The number of pyridine rings is 1. The molecule has 2 aromatic heterocycles. The Bertz CT molecular complexity index is 772. The Labute approximate surface area is 116 Å². The van der Waals surface area contributed by atoms with Gasteiger partial charge in [-0.3, -0.25) is 0 Å². The monoisotopic (exact) mass is 263 g/mol. The van der Waals surface area contributed by atoms with Gasteiger partial charge in [0.2, 0.25) is 0 Å². The van der Waals surface area contributed by atoms with Gasteiger partial charge in [0.15, 0.2) is 5.65 Å². The Balaban J connectivity index is 1.73. The summed E-state index contributed by atoms with van der Waals surface area (Å²) in [6.07, 6.45) is 7.59. The first-order valence-electron chi connectivity index (χ1n) is 6.48. The number of nitrogens with one attached hydrogen (secondary N) is 1. The van der Waals surface area contributed by atoms with E-state index in [4.69, 9.17) is 0 Å². The smallest absolute Gasteiger partial charge is 0.162 e. The van der Waals surface area contributed by atoms with Crippen LogP contribution >= 0.6 is 0 Å². The van der Waals surface area contributed by atoms with Crippen molar-refractivity contribution in [1.82, 2.24) is 20.1 Å². The summed E-state index contributed by atoms with van der Waals surface area (Å²) in [5.74, 6) is 0. The van der Waals surface area contributed by atoms with E-state index in [-0.39, 0.29) is 0 Å². The quantitative estimate of drug-likeness (QED) is 0.770. The predicted octanol–water partition coefficient (Wildman–Crippen LogP) is 2.26. The largest absolute Gasteiger partial charge is 0.372 e. The highest BCUT2D eigenvalue weighted by Crippen LogP contribution is 2.20. The van der Waals surface area contributed by atoms with Crippen LogP contribution in [0.15, 0.2) is 61.2 Å². The summed E-state index contributed by atoms with van der Waals surface area (Å²) in [7, 11) is 0. The molecule has 98 valence electrons. The second kappa shape index (κ2) is 4.38. The molecule has 0 atom stereocenters. The summed E-state index contributed by atoms with van der Waals surface area (Å²) >= 11 is 0. The Morgan fingerprint density at radius 3 is 2.70 bits per heavy atom. The van der Waals surface area contributed by atoms with Crippen molar-refractivity contribution in [2.75, 3.05) is 11.6 Å². The van der Waals surface area contributed by atoms with Crippen LogP contribution in [0.25, 0.3) is 16.7 Å². The fourth-order valence-electron chi connectivity index (χ4n) is 2.36. The molecule has 0 saturated carbocycles. The Morgan fingerprint density at radius 1 is 1.05 bits per heavy atom. The second-order valence-corrected chi connectivity index (χ2v) is 4.64. The highest BCUT2D eigenvalue weighted by atomic mass is 15.3. The molecule has 0 spiro atoms. The maximum Gasteiger partial charge on any atom is 0.162 e. The summed E-state index contributed by atoms with van der Waals surface area (Å²) < 4.78 is 1.86. The van der Waals surface area contributed by atoms with E-state index in [1.165, 1.54) is 0 Å². The number of hydrogen-bond donors (Lipinski definition) is 1. The molecule has 0 amide bonds. The highest BCUT2D eigenvalue weighted by molar-refractivity contribution is 5.76. The zero-order chi connectivity index (χ0) is 13.4. The van der Waals surface area contributed by atoms with Crippen molar-refractivity contribution in [3.05, 3.63) is 61.2 Å². The average molecular weight is 263 g/mol. The van der Waals surface area contributed by atoms with Crippen molar-refractivity contribution >= 4 is 16.7 Å². The van der Waals surface area contributed by atoms with E-state index in [9.17, 15) is 0 Å². The van der Waals surface area contributed by atoms with Crippen molar-refractivity contribution in [3.63, 3.8) is 0 Å². The zero-order valence-electron chi connectivity index (χ0n) is 10.8. The van der Waals surface area contributed by atoms with Crippen LogP contribution in [0.5, 0.6) is 0 Å². The third-order valence-electron chi connectivity index (χ3n) is 3.39. The maximum absolute atomic E-state index is 4.41. The third kappa shape index (κ3) is 1.72. The minimum atomic E-state index is 0.811. The maximum atomic E-state index is 4.41.